The van der Waals surface area contributed by atoms with Crippen LogP contribution in [0.1, 0.15) is 0 Å². The molecule has 2 rings (SSSR count). The number of benzene rings is 2. The molecule has 0 aliphatic heterocycles. The third-order valence-electron chi connectivity index (χ3n) is 2.78. The average Bonchev–Trinajstić information content (AvgIpc) is 2.37. The van der Waals surface area contributed by atoms with Gasteiger partial charge in [-0.3, -0.25) is 0 Å². The molecule has 110 valence electrons. The molecule has 0 amide bonds. The van der Waals surface area contributed by atoms with E-state index in [9.17, 15) is 17.6 Å². The van der Waals surface area contributed by atoms with Crippen LogP contribution in [0.3, 0.4) is 0 Å². The van der Waals surface area contributed by atoms with E-state index in [0.717, 1.165) is 24.3 Å². The Morgan fingerprint density at radius 1 is 0.762 bits per heavy atom. The van der Waals surface area contributed by atoms with Gasteiger partial charge in [0.25, 0.3) is 0 Å². The van der Waals surface area contributed by atoms with Crippen LogP contribution in [0.2, 0.25) is 0 Å². The number of rotatable bonds is 5. The summed E-state index contributed by atoms with van der Waals surface area (Å²) in [6.45, 7) is -0.781. The number of nitrogens with two attached hydrogens (primary N) is 1. The van der Waals surface area contributed by atoms with E-state index in [2.05, 4.69) is 0 Å². The Kier molecular flexibility index (Phi) is 4.98. The summed E-state index contributed by atoms with van der Waals surface area (Å²) in [5.74, 6) is -3.21. The SMILES string of the molecule is NCCOB(c1cc(F)cc(F)c1)c1cc(F)cc(F)c1. The van der Waals surface area contributed by atoms with Crippen molar-refractivity contribution in [2.24, 2.45) is 5.73 Å². The molecule has 2 N–H and O–H groups in total. The molecule has 0 aliphatic rings. The number of hydrogen-bond donors (Lipinski definition) is 1. The average molecular weight is 297 g/mol. The highest BCUT2D eigenvalue weighted by Crippen LogP contribution is 2.05. The lowest BCUT2D eigenvalue weighted by atomic mass is 9.55. The van der Waals surface area contributed by atoms with Crippen molar-refractivity contribution in [3.8, 4) is 0 Å². The van der Waals surface area contributed by atoms with E-state index < -0.39 is 30.2 Å². The molecule has 0 unspecified atom stereocenters. The van der Waals surface area contributed by atoms with Gasteiger partial charge < -0.3 is 10.4 Å². The van der Waals surface area contributed by atoms with E-state index in [-0.39, 0.29) is 24.1 Å². The minimum absolute atomic E-state index is 0.0704. The summed E-state index contributed by atoms with van der Waals surface area (Å²) < 4.78 is 58.7. The van der Waals surface area contributed by atoms with Crippen LogP contribution >= 0.6 is 0 Å². The normalized spacial score (nSPS) is 10.7. The van der Waals surface area contributed by atoms with Gasteiger partial charge in [-0.05, 0) is 35.2 Å². The Morgan fingerprint density at radius 3 is 1.48 bits per heavy atom. The summed E-state index contributed by atoms with van der Waals surface area (Å²) in [6, 6.07) is 5.60. The molecule has 0 aromatic heterocycles. The van der Waals surface area contributed by atoms with Crippen LogP contribution in [0.25, 0.3) is 0 Å². The smallest absolute Gasteiger partial charge is 0.362 e. The lowest BCUT2D eigenvalue weighted by molar-refractivity contribution is 0.344. The van der Waals surface area contributed by atoms with Gasteiger partial charge in [0.1, 0.15) is 23.3 Å². The first kappa shape index (κ1) is 15.5. The molecule has 2 nitrogen and oxygen atoms in total. The molecule has 2 aromatic carbocycles. The highest BCUT2D eigenvalue weighted by Gasteiger charge is 2.24. The van der Waals surface area contributed by atoms with Crippen LogP contribution in [0.4, 0.5) is 17.6 Å². The maximum atomic E-state index is 13.3. The van der Waals surface area contributed by atoms with Gasteiger partial charge in [-0.25, -0.2) is 17.6 Å². The third kappa shape index (κ3) is 4.06. The second-order valence-corrected chi connectivity index (χ2v) is 4.45. The van der Waals surface area contributed by atoms with Crippen molar-refractivity contribution in [1.29, 1.82) is 0 Å². The first-order valence-corrected chi connectivity index (χ1v) is 6.23. The van der Waals surface area contributed by atoms with E-state index in [1.807, 2.05) is 0 Å². The Hall–Kier alpha value is -1.86. The van der Waals surface area contributed by atoms with Gasteiger partial charge in [0, 0.05) is 25.3 Å². The maximum Gasteiger partial charge on any atom is 0.362 e. The minimum Gasteiger partial charge on any atom is -0.426 e. The van der Waals surface area contributed by atoms with Gasteiger partial charge in [-0.15, -0.1) is 0 Å². The van der Waals surface area contributed by atoms with E-state index in [1.165, 1.54) is 0 Å². The molecule has 0 radical (unpaired) electrons. The summed E-state index contributed by atoms with van der Waals surface area (Å²) in [5, 5.41) is 0. The quantitative estimate of drug-likeness (QED) is 0.667. The Balaban J connectivity index is 2.46. The van der Waals surface area contributed by atoms with Crippen LogP contribution in [-0.2, 0) is 4.65 Å². The first-order valence-electron chi connectivity index (χ1n) is 6.23. The van der Waals surface area contributed by atoms with Crippen molar-refractivity contribution < 1.29 is 22.2 Å². The van der Waals surface area contributed by atoms with Crippen molar-refractivity contribution in [2.45, 2.75) is 0 Å². The maximum absolute atomic E-state index is 13.3. The van der Waals surface area contributed by atoms with E-state index in [4.69, 9.17) is 10.4 Å². The van der Waals surface area contributed by atoms with Crippen LogP contribution in [0.5, 0.6) is 0 Å². The van der Waals surface area contributed by atoms with E-state index >= 15 is 0 Å². The van der Waals surface area contributed by atoms with Gasteiger partial charge in [0.05, 0.1) is 0 Å². The minimum atomic E-state index is -1.01. The predicted molar refractivity (Wildman–Crippen MR) is 72.7 cm³/mol. The molecular formula is C14H12BF4NO. The Labute approximate surface area is 119 Å². The highest BCUT2D eigenvalue weighted by molar-refractivity contribution is 6.80. The van der Waals surface area contributed by atoms with Crippen molar-refractivity contribution in [3.63, 3.8) is 0 Å². The number of hydrogen-bond acceptors (Lipinski definition) is 2. The lowest BCUT2D eigenvalue weighted by Crippen LogP contribution is -2.46. The van der Waals surface area contributed by atoms with Gasteiger partial charge in [0.15, 0.2) is 0 Å². The van der Waals surface area contributed by atoms with Gasteiger partial charge >= 0.3 is 6.92 Å². The molecule has 0 fully saturated rings. The second kappa shape index (κ2) is 6.73. The van der Waals surface area contributed by atoms with Gasteiger partial charge in [-0.2, -0.15) is 0 Å². The summed E-state index contributed by atoms with van der Waals surface area (Å²) in [4.78, 5) is 0. The lowest BCUT2D eigenvalue weighted by Gasteiger charge is -2.15. The summed E-state index contributed by atoms with van der Waals surface area (Å²) >= 11 is 0. The predicted octanol–water partition coefficient (Wildman–Crippen LogP) is 1.32. The zero-order valence-electron chi connectivity index (χ0n) is 11.0. The fourth-order valence-corrected chi connectivity index (χ4v) is 2.02. The van der Waals surface area contributed by atoms with Crippen molar-refractivity contribution in [1.82, 2.24) is 0 Å². The van der Waals surface area contributed by atoms with Crippen molar-refractivity contribution in [2.75, 3.05) is 13.2 Å². The zero-order chi connectivity index (χ0) is 15.4. The number of halogens is 4. The second-order valence-electron chi connectivity index (χ2n) is 4.45. The Morgan fingerprint density at radius 2 is 1.14 bits per heavy atom. The third-order valence-corrected chi connectivity index (χ3v) is 2.78. The summed E-state index contributed by atoms with van der Waals surface area (Å²) in [6.07, 6.45) is 0. The van der Waals surface area contributed by atoms with Crippen molar-refractivity contribution in [3.05, 3.63) is 59.7 Å². The van der Waals surface area contributed by atoms with E-state index in [0.29, 0.717) is 12.1 Å². The fraction of sp³-hybridized carbons (Fsp3) is 0.143. The van der Waals surface area contributed by atoms with E-state index in [1.54, 1.807) is 0 Å². The molecule has 0 aliphatic carbocycles. The fourth-order valence-electron chi connectivity index (χ4n) is 2.02. The van der Waals surface area contributed by atoms with Gasteiger partial charge in [-0.1, -0.05) is 0 Å². The monoisotopic (exact) mass is 297 g/mol. The van der Waals surface area contributed by atoms with Crippen molar-refractivity contribution >= 4 is 17.8 Å². The summed E-state index contributed by atoms with van der Waals surface area (Å²) in [5.41, 5.74) is 5.56. The molecule has 0 atom stereocenters. The highest BCUT2D eigenvalue weighted by atomic mass is 19.1. The van der Waals surface area contributed by atoms with Crippen LogP contribution < -0.4 is 16.7 Å². The van der Waals surface area contributed by atoms with Crippen LogP contribution in [0.15, 0.2) is 36.4 Å². The first-order chi connectivity index (χ1) is 9.99. The standard InChI is InChI=1S/C14H12BF4NO/c16-11-3-9(4-12(17)7-11)15(21-2-1-20)10-5-13(18)8-14(19)6-10/h3-8H,1-2,20H2. The molecular weight excluding hydrogens is 285 g/mol. The summed E-state index contributed by atoms with van der Waals surface area (Å²) in [7, 11) is 0. The molecule has 0 bridgehead atoms. The largest absolute Gasteiger partial charge is 0.426 e. The molecule has 0 saturated carbocycles. The molecule has 21 heavy (non-hydrogen) atoms. The van der Waals surface area contributed by atoms with Crippen LogP contribution in [0, 0.1) is 23.3 Å². The zero-order valence-corrected chi connectivity index (χ0v) is 11.0. The molecule has 0 heterocycles. The molecule has 0 spiro atoms. The van der Waals surface area contributed by atoms with Crippen LogP contribution in [-0.4, -0.2) is 20.1 Å². The molecule has 0 saturated heterocycles. The van der Waals surface area contributed by atoms with Gasteiger partial charge in [0.2, 0.25) is 0 Å². The molecule has 2 aromatic rings. The topological polar surface area (TPSA) is 35.2 Å². The Bertz CT molecular complexity index is 546. The molecule has 7 heteroatoms.